The summed E-state index contributed by atoms with van der Waals surface area (Å²) in [5, 5.41) is 2.87. The van der Waals surface area contributed by atoms with Crippen LogP contribution in [-0.2, 0) is 13.2 Å². The molecule has 7 heteroatoms. The maximum Gasteiger partial charge on any atom is 0.251 e. The average molecular weight is 425 g/mol. The zero-order chi connectivity index (χ0) is 22.2. The van der Waals surface area contributed by atoms with Crippen LogP contribution in [0.1, 0.15) is 21.5 Å². The molecule has 3 rings (SSSR count). The van der Waals surface area contributed by atoms with Gasteiger partial charge >= 0.3 is 0 Å². The van der Waals surface area contributed by atoms with Crippen LogP contribution in [0.25, 0.3) is 0 Å². The van der Waals surface area contributed by atoms with Crippen molar-refractivity contribution in [1.29, 1.82) is 0 Å². The first-order valence-corrected chi connectivity index (χ1v) is 9.58. The van der Waals surface area contributed by atoms with Gasteiger partial charge in [0.15, 0.2) is 11.5 Å². The zero-order valence-electron chi connectivity index (χ0n) is 17.6. The fraction of sp³-hybridized carbons (Fsp3) is 0.208. The van der Waals surface area contributed by atoms with Crippen LogP contribution in [0.5, 0.6) is 23.0 Å². The summed E-state index contributed by atoms with van der Waals surface area (Å²) in [6, 6.07) is 16.8. The molecule has 0 radical (unpaired) electrons. The van der Waals surface area contributed by atoms with Gasteiger partial charge in [0, 0.05) is 12.1 Å². The van der Waals surface area contributed by atoms with Crippen molar-refractivity contribution in [2.24, 2.45) is 0 Å². The predicted molar refractivity (Wildman–Crippen MR) is 114 cm³/mol. The molecule has 0 saturated carbocycles. The van der Waals surface area contributed by atoms with E-state index in [0.29, 0.717) is 41.7 Å². The van der Waals surface area contributed by atoms with Crippen LogP contribution in [0.4, 0.5) is 4.39 Å². The van der Waals surface area contributed by atoms with Crippen molar-refractivity contribution in [2.45, 2.75) is 13.2 Å². The van der Waals surface area contributed by atoms with Crippen molar-refractivity contribution in [2.75, 3.05) is 21.3 Å². The number of halogens is 1. The van der Waals surface area contributed by atoms with Gasteiger partial charge in [0.1, 0.15) is 18.2 Å². The average Bonchev–Trinajstić information content (AvgIpc) is 2.81. The lowest BCUT2D eigenvalue weighted by Gasteiger charge is -2.14. The monoisotopic (exact) mass is 425 g/mol. The fourth-order valence-electron chi connectivity index (χ4n) is 2.95. The van der Waals surface area contributed by atoms with E-state index in [2.05, 4.69) is 5.32 Å². The molecule has 3 aromatic carbocycles. The van der Waals surface area contributed by atoms with E-state index in [1.165, 1.54) is 33.5 Å². The van der Waals surface area contributed by atoms with Crippen LogP contribution in [0.2, 0.25) is 0 Å². The summed E-state index contributed by atoms with van der Waals surface area (Å²) in [5.74, 6) is 1.39. The third-order valence-electron chi connectivity index (χ3n) is 4.62. The number of hydrogen-bond acceptors (Lipinski definition) is 5. The Morgan fingerprint density at radius 2 is 1.42 bits per heavy atom. The molecule has 0 bridgehead atoms. The maximum atomic E-state index is 13.0. The second-order valence-electron chi connectivity index (χ2n) is 6.66. The minimum atomic E-state index is -0.276. The molecule has 6 nitrogen and oxygen atoms in total. The van der Waals surface area contributed by atoms with Crippen molar-refractivity contribution in [3.8, 4) is 23.0 Å². The molecule has 0 heterocycles. The molecule has 0 aliphatic heterocycles. The molecule has 0 aliphatic rings. The highest BCUT2D eigenvalue weighted by Crippen LogP contribution is 2.38. The van der Waals surface area contributed by atoms with Crippen LogP contribution in [0.15, 0.2) is 60.7 Å². The smallest absolute Gasteiger partial charge is 0.251 e. The predicted octanol–water partition coefficient (Wildman–Crippen LogP) is 4.36. The molecule has 1 N–H and O–H groups in total. The lowest BCUT2D eigenvalue weighted by molar-refractivity contribution is 0.0950. The van der Waals surface area contributed by atoms with Crippen LogP contribution in [0, 0.1) is 5.82 Å². The lowest BCUT2D eigenvalue weighted by Crippen LogP contribution is -2.23. The van der Waals surface area contributed by atoms with Gasteiger partial charge in [-0.1, -0.05) is 24.3 Å². The topological polar surface area (TPSA) is 66.0 Å². The minimum Gasteiger partial charge on any atom is -0.493 e. The van der Waals surface area contributed by atoms with Gasteiger partial charge in [0.05, 0.1) is 21.3 Å². The molecular formula is C24H24FNO5. The summed E-state index contributed by atoms with van der Waals surface area (Å²) < 4.78 is 34.5. The molecule has 0 aliphatic carbocycles. The number of rotatable bonds is 9. The highest BCUT2D eigenvalue weighted by Gasteiger charge is 2.16. The summed E-state index contributed by atoms with van der Waals surface area (Å²) in [6.07, 6.45) is 0. The molecule has 1 amide bonds. The van der Waals surface area contributed by atoms with E-state index in [4.69, 9.17) is 18.9 Å². The molecule has 0 unspecified atom stereocenters. The Labute approximate surface area is 180 Å². The number of carbonyl (C=O) groups excluding carboxylic acids is 1. The summed E-state index contributed by atoms with van der Waals surface area (Å²) in [4.78, 5) is 12.6. The fourth-order valence-corrected chi connectivity index (χ4v) is 2.95. The van der Waals surface area contributed by atoms with Crippen molar-refractivity contribution >= 4 is 5.91 Å². The second-order valence-corrected chi connectivity index (χ2v) is 6.66. The Balaban J connectivity index is 1.58. The van der Waals surface area contributed by atoms with E-state index >= 15 is 0 Å². The van der Waals surface area contributed by atoms with Crippen LogP contribution < -0.4 is 24.3 Å². The summed E-state index contributed by atoms with van der Waals surface area (Å²) in [6.45, 7) is 0.686. The van der Waals surface area contributed by atoms with Gasteiger partial charge in [0.25, 0.3) is 5.91 Å². The minimum absolute atomic E-state index is 0.268. The number of hydrogen-bond donors (Lipinski definition) is 1. The SMILES string of the molecule is COc1cc(C(=O)NCc2ccc(OCc3ccc(F)cc3)cc2)cc(OC)c1OC. The summed E-state index contributed by atoms with van der Waals surface area (Å²) >= 11 is 0. The van der Waals surface area contributed by atoms with Gasteiger partial charge in [-0.15, -0.1) is 0 Å². The van der Waals surface area contributed by atoms with Crippen LogP contribution in [-0.4, -0.2) is 27.2 Å². The standard InChI is InChI=1S/C24H24FNO5/c1-28-21-12-18(13-22(29-2)23(21)30-3)24(27)26-14-16-6-10-20(11-7-16)31-15-17-4-8-19(25)9-5-17/h4-13H,14-15H2,1-3H3,(H,26,27). The van der Waals surface area contributed by atoms with E-state index in [1.54, 1.807) is 24.3 Å². The molecule has 0 saturated heterocycles. The van der Waals surface area contributed by atoms with Gasteiger partial charge in [-0.3, -0.25) is 4.79 Å². The Hall–Kier alpha value is -3.74. The summed E-state index contributed by atoms with van der Waals surface area (Å²) in [7, 11) is 4.50. The zero-order valence-corrected chi connectivity index (χ0v) is 17.6. The quantitative estimate of drug-likeness (QED) is 0.552. The Kier molecular flexibility index (Phi) is 7.32. The molecule has 3 aromatic rings. The molecule has 0 fully saturated rings. The molecular weight excluding hydrogens is 401 g/mol. The molecule has 0 spiro atoms. The summed E-state index contributed by atoms with van der Waals surface area (Å²) in [5.41, 5.74) is 2.19. The van der Waals surface area contributed by atoms with Crippen molar-refractivity contribution < 1.29 is 28.1 Å². The third kappa shape index (κ3) is 5.66. The molecule has 162 valence electrons. The maximum absolute atomic E-state index is 13.0. The normalized spacial score (nSPS) is 10.3. The van der Waals surface area contributed by atoms with E-state index in [9.17, 15) is 9.18 Å². The molecule has 31 heavy (non-hydrogen) atoms. The van der Waals surface area contributed by atoms with Gasteiger partial charge in [-0.05, 0) is 47.5 Å². The number of methoxy groups -OCH3 is 3. The third-order valence-corrected chi connectivity index (χ3v) is 4.62. The van der Waals surface area contributed by atoms with E-state index in [-0.39, 0.29) is 11.7 Å². The Morgan fingerprint density at radius 3 is 1.97 bits per heavy atom. The number of carbonyl (C=O) groups is 1. The van der Waals surface area contributed by atoms with E-state index in [1.807, 2.05) is 24.3 Å². The highest BCUT2D eigenvalue weighted by atomic mass is 19.1. The lowest BCUT2D eigenvalue weighted by atomic mass is 10.1. The molecule has 0 aromatic heterocycles. The van der Waals surface area contributed by atoms with E-state index in [0.717, 1.165) is 11.1 Å². The van der Waals surface area contributed by atoms with Gasteiger partial charge in [-0.2, -0.15) is 0 Å². The number of amides is 1. The highest BCUT2D eigenvalue weighted by molar-refractivity contribution is 5.95. The number of benzene rings is 3. The first-order valence-electron chi connectivity index (χ1n) is 9.58. The number of ether oxygens (including phenoxy) is 4. The van der Waals surface area contributed by atoms with Crippen molar-refractivity contribution in [3.05, 3.63) is 83.2 Å². The largest absolute Gasteiger partial charge is 0.493 e. The molecule has 0 atom stereocenters. The van der Waals surface area contributed by atoms with Gasteiger partial charge in [-0.25, -0.2) is 4.39 Å². The number of nitrogens with one attached hydrogen (secondary N) is 1. The Bertz CT molecular complexity index is 994. The van der Waals surface area contributed by atoms with Gasteiger partial charge < -0.3 is 24.3 Å². The first-order chi connectivity index (χ1) is 15.0. The van der Waals surface area contributed by atoms with Gasteiger partial charge in [0.2, 0.25) is 5.75 Å². The second kappa shape index (κ2) is 10.3. The van der Waals surface area contributed by atoms with Crippen molar-refractivity contribution in [1.82, 2.24) is 5.32 Å². The Morgan fingerprint density at radius 1 is 0.839 bits per heavy atom. The first kappa shape index (κ1) is 22.0. The van der Waals surface area contributed by atoms with Crippen LogP contribution >= 0.6 is 0 Å². The van der Waals surface area contributed by atoms with Crippen LogP contribution in [0.3, 0.4) is 0 Å². The van der Waals surface area contributed by atoms with Crippen molar-refractivity contribution in [3.63, 3.8) is 0 Å². The van der Waals surface area contributed by atoms with E-state index < -0.39 is 0 Å².